The van der Waals surface area contributed by atoms with Gasteiger partial charge in [0.2, 0.25) is 0 Å². The van der Waals surface area contributed by atoms with Crippen LogP contribution < -0.4 is 10.6 Å². The summed E-state index contributed by atoms with van der Waals surface area (Å²) >= 11 is 5.97. The van der Waals surface area contributed by atoms with Gasteiger partial charge in [-0.25, -0.2) is 0 Å². The number of rotatable bonds is 5. The van der Waals surface area contributed by atoms with Crippen molar-refractivity contribution >= 4 is 17.3 Å². The Morgan fingerprint density at radius 2 is 2.13 bits per heavy atom. The molecular formula is C12H19ClN2. The zero-order valence-electron chi connectivity index (χ0n) is 9.46. The van der Waals surface area contributed by atoms with Crippen molar-refractivity contribution in [3.8, 4) is 0 Å². The lowest BCUT2D eigenvalue weighted by molar-refractivity contribution is 0.840. The average molecular weight is 227 g/mol. The van der Waals surface area contributed by atoms with Gasteiger partial charge in [0.25, 0.3) is 0 Å². The molecule has 0 amide bonds. The lowest BCUT2D eigenvalue weighted by atomic mass is 10.1. The fourth-order valence-corrected chi connectivity index (χ4v) is 1.93. The molecule has 84 valence electrons. The Kier molecular flexibility index (Phi) is 4.92. The van der Waals surface area contributed by atoms with Crippen LogP contribution in [0.4, 0.5) is 5.69 Å². The largest absolute Gasteiger partial charge is 0.374 e. The van der Waals surface area contributed by atoms with Crippen LogP contribution in [0.25, 0.3) is 0 Å². The van der Waals surface area contributed by atoms with Gasteiger partial charge in [-0.3, -0.25) is 0 Å². The first-order chi connectivity index (χ1) is 7.19. The Hall–Kier alpha value is -0.730. The van der Waals surface area contributed by atoms with E-state index < -0.39 is 0 Å². The summed E-state index contributed by atoms with van der Waals surface area (Å²) in [6, 6.07) is 6.02. The van der Waals surface area contributed by atoms with E-state index in [1.165, 1.54) is 11.3 Å². The Bertz CT molecular complexity index is 312. The number of hydrogen-bond donors (Lipinski definition) is 1. The van der Waals surface area contributed by atoms with Gasteiger partial charge in [-0.15, -0.1) is 0 Å². The molecule has 0 atom stereocenters. The van der Waals surface area contributed by atoms with Crippen molar-refractivity contribution < 1.29 is 0 Å². The molecule has 0 saturated carbocycles. The van der Waals surface area contributed by atoms with E-state index in [-0.39, 0.29) is 0 Å². The normalized spacial score (nSPS) is 10.4. The molecule has 0 fully saturated rings. The summed E-state index contributed by atoms with van der Waals surface area (Å²) in [6.07, 6.45) is 2.02. The maximum absolute atomic E-state index is 5.97. The summed E-state index contributed by atoms with van der Waals surface area (Å²) in [5.41, 5.74) is 8.07. The van der Waals surface area contributed by atoms with Crippen molar-refractivity contribution in [3.63, 3.8) is 0 Å². The molecule has 0 unspecified atom stereocenters. The minimum atomic E-state index is 0.660. The van der Waals surface area contributed by atoms with E-state index >= 15 is 0 Å². The summed E-state index contributed by atoms with van der Waals surface area (Å²) < 4.78 is 0. The minimum absolute atomic E-state index is 0.660. The first kappa shape index (κ1) is 12.3. The lowest BCUT2D eigenvalue weighted by Crippen LogP contribution is -2.20. The van der Waals surface area contributed by atoms with E-state index in [0.29, 0.717) is 6.54 Å². The zero-order valence-corrected chi connectivity index (χ0v) is 10.2. The molecule has 0 bridgehead atoms. The van der Waals surface area contributed by atoms with Gasteiger partial charge in [0, 0.05) is 24.3 Å². The molecule has 0 heterocycles. The Morgan fingerprint density at radius 3 is 2.73 bits per heavy atom. The predicted molar refractivity (Wildman–Crippen MR) is 67.8 cm³/mol. The van der Waals surface area contributed by atoms with E-state index in [9.17, 15) is 0 Å². The highest BCUT2D eigenvalue weighted by atomic mass is 35.5. The monoisotopic (exact) mass is 226 g/mol. The Balaban J connectivity index is 2.93. The van der Waals surface area contributed by atoms with Crippen LogP contribution in [0.1, 0.15) is 18.9 Å². The van der Waals surface area contributed by atoms with E-state index in [1.807, 2.05) is 12.1 Å². The van der Waals surface area contributed by atoms with Crippen molar-refractivity contribution in [3.05, 3.63) is 28.8 Å². The lowest BCUT2D eigenvalue weighted by Gasteiger charge is -2.22. The number of halogens is 1. The minimum Gasteiger partial charge on any atom is -0.374 e. The molecule has 0 aliphatic heterocycles. The van der Waals surface area contributed by atoms with Gasteiger partial charge in [-0.05, 0) is 43.1 Å². The molecule has 0 radical (unpaired) electrons. The van der Waals surface area contributed by atoms with Crippen LogP contribution in [0.2, 0.25) is 5.02 Å². The van der Waals surface area contributed by atoms with E-state index in [4.69, 9.17) is 17.3 Å². The van der Waals surface area contributed by atoms with Gasteiger partial charge in [0.05, 0.1) is 0 Å². The molecule has 1 aromatic carbocycles. The van der Waals surface area contributed by atoms with E-state index in [1.54, 1.807) is 0 Å². The maximum atomic E-state index is 5.97. The highest BCUT2D eigenvalue weighted by Gasteiger charge is 2.06. The van der Waals surface area contributed by atoms with Gasteiger partial charge in [0.1, 0.15) is 0 Å². The molecule has 2 nitrogen and oxygen atoms in total. The predicted octanol–water partition coefficient (Wildman–Crippen LogP) is 2.69. The van der Waals surface area contributed by atoms with Crippen molar-refractivity contribution in [2.45, 2.75) is 19.8 Å². The summed E-state index contributed by atoms with van der Waals surface area (Å²) in [5.74, 6) is 0. The van der Waals surface area contributed by atoms with E-state index in [2.05, 4.69) is 24.9 Å². The summed E-state index contributed by atoms with van der Waals surface area (Å²) in [5, 5.41) is 0.784. The number of nitrogens with zero attached hydrogens (tertiary/aromatic N) is 1. The molecule has 0 saturated heterocycles. The third-order valence-electron chi connectivity index (χ3n) is 2.43. The smallest absolute Gasteiger partial charge is 0.0410 e. The van der Waals surface area contributed by atoms with Crippen LogP contribution in [0.5, 0.6) is 0 Å². The molecule has 0 aromatic heterocycles. The molecule has 2 N–H and O–H groups in total. The van der Waals surface area contributed by atoms with Crippen molar-refractivity contribution in [2.75, 3.05) is 25.0 Å². The van der Waals surface area contributed by atoms with Crippen molar-refractivity contribution in [2.24, 2.45) is 5.73 Å². The second-order valence-corrected chi connectivity index (χ2v) is 4.17. The fourth-order valence-electron chi connectivity index (χ4n) is 1.74. The highest BCUT2D eigenvalue weighted by molar-refractivity contribution is 6.30. The first-order valence-corrected chi connectivity index (χ1v) is 5.76. The first-order valence-electron chi connectivity index (χ1n) is 5.38. The highest BCUT2D eigenvalue weighted by Crippen LogP contribution is 2.23. The summed E-state index contributed by atoms with van der Waals surface area (Å²) in [4.78, 5) is 2.25. The van der Waals surface area contributed by atoms with Gasteiger partial charge in [-0.1, -0.05) is 18.5 Å². The third kappa shape index (κ3) is 3.40. The van der Waals surface area contributed by atoms with Gasteiger partial charge in [0.15, 0.2) is 0 Å². The van der Waals surface area contributed by atoms with Gasteiger partial charge in [-0.2, -0.15) is 0 Å². The topological polar surface area (TPSA) is 29.3 Å². The van der Waals surface area contributed by atoms with Gasteiger partial charge >= 0.3 is 0 Å². The zero-order chi connectivity index (χ0) is 11.3. The summed E-state index contributed by atoms with van der Waals surface area (Å²) in [6.45, 7) is 3.89. The summed E-state index contributed by atoms with van der Waals surface area (Å²) in [7, 11) is 2.10. The van der Waals surface area contributed by atoms with Gasteiger partial charge < -0.3 is 10.6 Å². The van der Waals surface area contributed by atoms with Crippen LogP contribution in [-0.2, 0) is 6.42 Å². The van der Waals surface area contributed by atoms with Crippen LogP contribution in [0.15, 0.2) is 18.2 Å². The number of anilines is 1. The Morgan fingerprint density at radius 1 is 1.40 bits per heavy atom. The van der Waals surface area contributed by atoms with Crippen molar-refractivity contribution in [1.29, 1.82) is 0 Å². The van der Waals surface area contributed by atoms with Crippen LogP contribution >= 0.6 is 11.6 Å². The second-order valence-electron chi connectivity index (χ2n) is 3.73. The molecule has 0 aliphatic rings. The molecule has 0 spiro atoms. The molecule has 15 heavy (non-hydrogen) atoms. The SMILES string of the molecule is CCCN(C)c1ccc(Cl)cc1CCN. The maximum Gasteiger partial charge on any atom is 0.0410 e. The van der Waals surface area contributed by atoms with Crippen LogP contribution in [-0.4, -0.2) is 20.1 Å². The third-order valence-corrected chi connectivity index (χ3v) is 2.66. The Labute approximate surface area is 97.0 Å². The quantitative estimate of drug-likeness (QED) is 0.837. The molecule has 1 aromatic rings. The number of hydrogen-bond acceptors (Lipinski definition) is 2. The molecule has 1 rings (SSSR count). The molecule has 0 aliphatic carbocycles. The standard InChI is InChI=1S/C12H19ClN2/c1-3-8-15(2)12-5-4-11(13)9-10(12)6-7-14/h4-5,9H,3,6-8,14H2,1-2H3. The van der Waals surface area contributed by atoms with Crippen molar-refractivity contribution in [1.82, 2.24) is 0 Å². The second kappa shape index (κ2) is 5.99. The number of benzene rings is 1. The fraction of sp³-hybridized carbons (Fsp3) is 0.500. The number of nitrogens with two attached hydrogens (primary N) is 1. The molecular weight excluding hydrogens is 208 g/mol. The van der Waals surface area contributed by atoms with E-state index in [0.717, 1.165) is 24.4 Å². The molecule has 3 heteroatoms. The van der Waals surface area contributed by atoms with Crippen LogP contribution in [0.3, 0.4) is 0 Å². The average Bonchev–Trinajstić information content (AvgIpc) is 2.18. The van der Waals surface area contributed by atoms with Crippen LogP contribution in [0, 0.1) is 0 Å².